The molecule has 0 saturated heterocycles. The lowest BCUT2D eigenvalue weighted by Gasteiger charge is -2.24. The number of rotatable bonds is 7. The van der Waals surface area contributed by atoms with Crippen LogP contribution in [0.3, 0.4) is 0 Å². The number of nitrogens with one attached hydrogen (secondary N) is 1. The molecule has 0 bridgehead atoms. The van der Waals surface area contributed by atoms with Gasteiger partial charge in [-0.3, -0.25) is 4.79 Å². The molecule has 1 unspecified atom stereocenters. The van der Waals surface area contributed by atoms with Crippen molar-refractivity contribution in [1.82, 2.24) is 20.2 Å². The summed E-state index contributed by atoms with van der Waals surface area (Å²) in [6.07, 6.45) is 1.58. The quantitative estimate of drug-likeness (QED) is 0.477. The lowest BCUT2D eigenvalue weighted by atomic mass is 10.1. The molecule has 8 heteroatoms. The largest absolute Gasteiger partial charge is 0.353 e. The predicted octanol–water partition coefficient (Wildman–Crippen LogP) is 3.88. The lowest BCUT2D eigenvalue weighted by molar-refractivity contribution is -0.118. The molecule has 0 aliphatic rings. The van der Waals surface area contributed by atoms with E-state index in [9.17, 15) is 4.79 Å². The number of thioether (sulfide) groups is 1. The maximum Gasteiger partial charge on any atom is 0.230 e. The van der Waals surface area contributed by atoms with Crippen LogP contribution in [-0.4, -0.2) is 47.2 Å². The van der Waals surface area contributed by atoms with E-state index in [-0.39, 0.29) is 11.9 Å². The predicted molar refractivity (Wildman–Crippen MR) is 111 cm³/mol. The van der Waals surface area contributed by atoms with Gasteiger partial charge in [0.1, 0.15) is 16.2 Å². The van der Waals surface area contributed by atoms with Crippen molar-refractivity contribution in [3.8, 4) is 0 Å². The standard InChI is InChI=1S/C18H22N4OS3/c1-11-12(2)26-18-16(11)17(20-10-21-18)25-9-15(23)19-7-14(22(3)4)13-5-6-24-8-13/h5-6,8,10,14H,7,9H2,1-4H3,(H,19,23). The third-order valence-electron chi connectivity index (χ3n) is 4.31. The number of hydrogen-bond donors (Lipinski definition) is 1. The first-order valence-electron chi connectivity index (χ1n) is 8.26. The van der Waals surface area contributed by atoms with Crippen LogP contribution in [0.15, 0.2) is 28.2 Å². The van der Waals surface area contributed by atoms with Crippen LogP contribution in [0.2, 0.25) is 0 Å². The van der Waals surface area contributed by atoms with E-state index in [0.717, 1.165) is 15.2 Å². The third kappa shape index (κ3) is 4.25. The molecular formula is C18H22N4OS3. The van der Waals surface area contributed by atoms with E-state index >= 15 is 0 Å². The van der Waals surface area contributed by atoms with Crippen molar-refractivity contribution < 1.29 is 4.79 Å². The van der Waals surface area contributed by atoms with Crippen LogP contribution in [0.1, 0.15) is 22.0 Å². The molecule has 3 aromatic heterocycles. The Morgan fingerprint density at radius 2 is 2.15 bits per heavy atom. The van der Waals surface area contributed by atoms with Crippen molar-refractivity contribution in [3.63, 3.8) is 0 Å². The molecule has 0 saturated carbocycles. The molecule has 0 fully saturated rings. The van der Waals surface area contributed by atoms with Crippen LogP contribution >= 0.6 is 34.4 Å². The summed E-state index contributed by atoms with van der Waals surface area (Å²) in [5, 5.41) is 9.21. The molecule has 3 rings (SSSR count). The van der Waals surface area contributed by atoms with Gasteiger partial charge in [0.25, 0.3) is 0 Å². The zero-order valence-electron chi connectivity index (χ0n) is 15.3. The zero-order chi connectivity index (χ0) is 18.7. The highest BCUT2D eigenvalue weighted by Crippen LogP contribution is 2.34. The van der Waals surface area contributed by atoms with E-state index in [1.807, 2.05) is 14.1 Å². The number of likely N-dealkylation sites (N-methyl/N-ethyl adjacent to an activating group) is 1. The van der Waals surface area contributed by atoms with Crippen molar-refractivity contribution in [2.75, 3.05) is 26.4 Å². The van der Waals surface area contributed by atoms with Gasteiger partial charge in [-0.1, -0.05) is 11.8 Å². The van der Waals surface area contributed by atoms with Crippen molar-refractivity contribution in [1.29, 1.82) is 0 Å². The lowest BCUT2D eigenvalue weighted by Crippen LogP contribution is -2.35. The number of aromatic nitrogens is 2. The fourth-order valence-corrected chi connectivity index (χ4v) is 5.37. The Kier molecular flexibility index (Phi) is 6.29. The Morgan fingerprint density at radius 1 is 1.35 bits per heavy atom. The highest BCUT2D eigenvalue weighted by atomic mass is 32.2. The number of amides is 1. The average Bonchev–Trinajstić information content (AvgIpc) is 3.22. The van der Waals surface area contributed by atoms with E-state index in [2.05, 4.69) is 50.9 Å². The second-order valence-electron chi connectivity index (χ2n) is 6.27. The van der Waals surface area contributed by atoms with Gasteiger partial charge in [0.2, 0.25) is 5.91 Å². The molecule has 138 valence electrons. The molecule has 5 nitrogen and oxygen atoms in total. The van der Waals surface area contributed by atoms with Gasteiger partial charge in [0.05, 0.1) is 11.8 Å². The Bertz CT molecular complexity index is 889. The first kappa shape index (κ1) is 19.3. The number of thiophene rings is 2. The highest BCUT2D eigenvalue weighted by molar-refractivity contribution is 8.00. The van der Waals surface area contributed by atoms with Crippen LogP contribution in [0.4, 0.5) is 0 Å². The molecule has 0 aliphatic carbocycles. The van der Waals surface area contributed by atoms with Crippen molar-refractivity contribution in [2.24, 2.45) is 0 Å². The molecule has 26 heavy (non-hydrogen) atoms. The summed E-state index contributed by atoms with van der Waals surface area (Å²) in [5.41, 5.74) is 2.44. The monoisotopic (exact) mass is 406 g/mol. The van der Waals surface area contributed by atoms with Gasteiger partial charge in [-0.15, -0.1) is 11.3 Å². The summed E-state index contributed by atoms with van der Waals surface area (Å²) in [4.78, 5) is 25.4. The molecule has 1 N–H and O–H groups in total. The average molecular weight is 407 g/mol. The van der Waals surface area contributed by atoms with Crippen LogP contribution in [0.25, 0.3) is 10.2 Å². The number of carbonyl (C=O) groups is 1. The topological polar surface area (TPSA) is 58.1 Å². The van der Waals surface area contributed by atoms with Crippen molar-refractivity contribution in [2.45, 2.75) is 24.9 Å². The van der Waals surface area contributed by atoms with Gasteiger partial charge >= 0.3 is 0 Å². The number of carbonyl (C=O) groups excluding carboxylic acids is 1. The Balaban J connectivity index is 1.61. The minimum Gasteiger partial charge on any atom is -0.353 e. The first-order valence-corrected chi connectivity index (χ1v) is 11.0. The molecule has 3 aromatic rings. The molecule has 3 heterocycles. The van der Waals surface area contributed by atoms with Gasteiger partial charge in [-0.05, 0) is 55.9 Å². The fraction of sp³-hybridized carbons (Fsp3) is 0.389. The van der Waals surface area contributed by atoms with E-state index in [4.69, 9.17) is 0 Å². The smallest absolute Gasteiger partial charge is 0.230 e. The van der Waals surface area contributed by atoms with Crippen LogP contribution in [-0.2, 0) is 4.79 Å². The van der Waals surface area contributed by atoms with Gasteiger partial charge in [-0.2, -0.15) is 11.3 Å². The minimum absolute atomic E-state index is 0.0217. The molecule has 1 amide bonds. The van der Waals surface area contributed by atoms with Crippen LogP contribution in [0, 0.1) is 13.8 Å². The number of nitrogens with zero attached hydrogens (tertiary/aromatic N) is 3. The SMILES string of the molecule is Cc1sc2ncnc(SCC(=O)NCC(c3ccsc3)N(C)C)c2c1C. The molecule has 0 spiro atoms. The summed E-state index contributed by atoms with van der Waals surface area (Å²) >= 11 is 4.82. The third-order valence-corrected chi connectivity index (χ3v) is 7.12. The van der Waals surface area contributed by atoms with E-state index in [1.165, 1.54) is 27.8 Å². The van der Waals surface area contributed by atoms with Gasteiger partial charge < -0.3 is 10.2 Å². The second kappa shape index (κ2) is 8.47. The zero-order valence-corrected chi connectivity index (χ0v) is 17.7. The highest BCUT2D eigenvalue weighted by Gasteiger charge is 2.17. The number of aryl methyl sites for hydroxylation is 2. The van der Waals surface area contributed by atoms with E-state index in [0.29, 0.717) is 12.3 Å². The summed E-state index contributed by atoms with van der Waals surface area (Å²) in [6, 6.07) is 2.29. The Labute approximate surface area is 165 Å². The maximum atomic E-state index is 12.4. The van der Waals surface area contributed by atoms with E-state index < -0.39 is 0 Å². The summed E-state index contributed by atoms with van der Waals surface area (Å²) in [6.45, 7) is 4.78. The fourth-order valence-electron chi connectivity index (χ4n) is 2.72. The number of fused-ring (bicyclic) bond motifs is 1. The summed E-state index contributed by atoms with van der Waals surface area (Å²) < 4.78 is 0. The van der Waals surface area contributed by atoms with Crippen LogP contribution < -0.4 is 5.32 Å². The van der Waals surface area contributed by atoms with Gasteiger partial charge in [-0.25, -0.2) is 9.97 Å². The van der Waals surface area contributed by atoms with Crippen molar-refractivity contribution in [3.05, 3.63) is 39.2 Å². The number of hydrogen-bond acceptors (Lipinski definition) is 7. The maximum absolute atomic E-state index is 12.4. The Morgan fingerprint density at radius 3 is 2.85 bits per heavy atom. The van der Waals surface area contributed by atoms with E-state index in [1.54, 1.807) is 29.0 Å². The molecule has 1 atom stereocenters. The summed E-state index contributed by atoms with van der Waals surface area (Å²) in [5.74, 6) is 0.373. The minimum atomic E-state index is 0.0217. The second-order valence-corrected chi connectivity index (χ2v) is 9.22. The molecule has 0 aromatic carbocycles. The molecule has 0 radical (unpaired) electrons. The van der Waals surface area contributed by atoms with Crippen LogP contribution in [0.5, 0.6) is 0 Å². The molecular weight excluding hydrogens is 384 g/mol. The Hall–Kier alpha value is -1.48. The van der Waals surface area contributed by atoms with Gasteiger partial charge in [0.15, 0.2) is 0 Å². The first-order chi connectivity index (χ1) is 12.5. The molecule has 0 aliphatic heterocycles. The van der Waals surface area contributed by atoms with Crippen molar-refractivity contribution >= 4 is 50.6 Å². The van der Waals surface area contributed by atoms with Gasteiger partial charge in [0, 0.05) is 16.8 Å². The normalized spacial score (nSPS) is 12.7. The summed E-state index contributed by atoms with van der Waals surface area (Å²) in [7, 11) is 4.06.